The second-order valence-electron chi connectivity index (χ2n) is 8.89. The Kier molecular flexibility index (Phi) is 8.24. The molecule has 0 unspecified atom stereocenters. The second kappa shape index (κ2) is 11.9. The Hall–Kier alpha value is -4.26. The van der Waals surface area contributed by atoms with Gasteiger partial charge in [0.25, 0.3) is 0 Å². The van der Waals surface area contributed by atoms with Crippen LogP contribution in [0.25, 0.3) is 21.7 Å². The first-order chi connectivity index (χ1) is 17.5. The standard InChI is InChI=1S/C29H30N4O3/c1-20(34)10-3-2-4-16-27(28(35)31-23-18-22-12-6-8-15-25(22)30-19-23)33-29(36)32-26-17-9-13-21-11-5-7-14-24(21)26/h5-9,11-15,17-19,27H,2-4,10,16H2,1H3,(H,31,35)(H2,32,33,36)/t27-/m0/s1. The van der Waals surface area contributed by atoms with Crippen molar-refractivity contribution < 1.29 is 14.4 Å². The number of fused-ring (bicyclic) bond motifs is 2. The number of nitrogens with one attached hydrogen (secondary N) is 3. The summed E-state index contributed by atoms with van der Waals surface area (Å²) in [5, 5.41) is 11.5. The van der Waals surface area contributed by atoms with Crippen LogP contribution in [0.2, 0.25) is 0 Å². The van der Waals surface area contributed by atoms with E-state index < -0.39 is 12.1 Å². The zero-order valence-electron chi connectivity index (χ0n) is 20.3. The summed E-state index contributed by atoms with van der Waals surface area (Å²) >= 11 is 0. The molecule has 3 N–H and O–H groups in total. The average Bonchev–Trinajstić information content (AvgIpc) is 2.87. The molecule has 0 aliphatic heterocycles. The molecule has 0 aliphatic rings. The topological polar surface area (TPSA) is 100 Å². The minimum absolute atomic E-state index is 0.153. The van der Waals surface area contributed by atoms with Gasteiger partial charge >= 0.3 is 6.03 Å². The summed E-state index contributed by atoms with van der Waals surface area (Å²) in [5.41, 5.74) is 2.08. The summed E-state index contributed by atoms with van der Waals surface area (Å²) in [4.78, 5) is 41.7. The molecule has 36 heavy (non-hydrogen) atoms. The van der Waals surface area contributed by atoms with Gasteiger partial charge in [-0.3, -0.25) is 9.78 Å². The maximum atomic E-state index is 13.2. The maximum Gasteiger partial charge on any atom is 0.319 e. The number of Topliss-reactive ketones (excluding diaryl/α,β-unsaturated/α-hetero) is 1. The molecule has 1 aromatic heterocycles. The van der Waals surface area contributed by atoms with Gasteiger partial charge < -0.3 is 20.7 Å². The third-order valence-corrected chi connectivity index (χ3v) is 6.04. The molecule has 184 valence electrons. The number of hydrogen-bond acceptors (Lipinski definition) is 4. The fourth-order valence-electron chi connectivity index (χ4n) is 4.19. The number of unbranched alkanes of at least 4 members (excludes halogenated alkanes) is 2. The smallest absolute Gasteiger partial charge is 0.319 e. The number of amides is 3. The van der Waals surface area contributed by atoms with Gasteiger partial charge in [-0.2, -0.15) is 0 Å². The van der Waals surface area contributed by atoms with E-state index in [-0.39, 0.29) is 11.7 Å². The molecular weight excluding hydrogens is 452 g/mol. The summed E-state index contributed by atoms with van der Waals surface area (Å²) in [6.07, 6.45) is 4.85. The van der Waals surface area contributed by atoms with Crippen LogP contribution in [-0.4, -0.2) is 28.7 Å². The number of nitrogens with zero attached hydrogens (tertiary/aromatic N) is 1. The quantitative estimate of drug-likeness (QED) is 0.239. The van der Waals surface area contributed by atoms with Gasteiger partial charge in [-0.25, -0.2) is 4.79 Å². The lowest BCUT2D eigenvalue weighted by molar-refractivity contribution is -0.118. The lowest BCUT2D eigenvalue weighted by Gasteiger charge is -2.19. The lowest BCUT2D eigenvalue weighted by atomic mass is 10.1. The van der Waals surface area contributed by atoms with Crippen molar-refractivity contribution in [1.29, 1.82) is 0 Å². The van der Waals surface area contributed by atoms with Gasteiger partial charge in [-0.15, -0.1) is 0 Å². The second-order valence-corrected chi connectivity index (χ2v) is 8.89. The number of rotatable bonds is 10. The van der Waals surface area contributed by atoms with E-state index in [0.29, 0.717) is 30.6 Å². The predicted octanol–water partition coefficient (Wildman–Crippen LogP) is 6.06. The molecular formula is C29H30N4O3. The van der Waals surface area contributed by atoms with Gasteiger partial charge in [0, 0.05) is 17.2 Å². The van der Waals surface area contributed by atoms with Crippen molar-refractivity contribution in [3.8, 4) is 0 Å². The van der Waals surface area contributed by atoms with Gasteiger partial charge in [-0.1, -0.05) is 67.4 Å². The molecule has 3 amide bonds. The van der Waals surface area contributed by atoms with Crippen molar-refractivity contribution in [3.05, 3.63) is 79.0 Å². The number of ketones is 1. The van der Waals surface area contributed by atoms with Crippen LogP contribution in [-0.2, 0) is 9.59 Å². The molecule has 4 rings (SSSR count). The molecule has 0 aliphatic carbocycles. The number of pyridine rings is 1. The van der Waals surface area contributed by atoms with E-state index in [0.717, 1.165) is 34.5 Å². The fraction of sp³-hybridized carbons (Fsp3) is 0.241. The number of benzene rings is 3. The molecule has 7 nitrogen and oxygen atoms in total. The largest absolute Gasteiger partial charge is 0.326 e. The Labute approximate surface area is 210 Å². The zero-order valence-corrected chi connectivity index (χ0v) is 20.3. The minimum atomic E-state index is -0.747. The van der Waals surface area contributed by atoms with Gasteiger partial charge in [0.1, 0.15) is 11.8 Å². The van der Waals surface area contributed by atoms with Crippen LogP contribution in [0.1, 0.15) is 39.0 Å². The third kappa shape index (κ3) is 6.66. The van der Waals surface area contributed by atoms with Gasteiger partial charge in [-0.05, 0) is 43.4 Å². The highest BCUT2D eigenvalue weighted by Crippen LogP contribution is 2.23. The van der Waals surface area contributed by atoms with Crippen molar-refractivity contribution in [2.24, 2.45) is 0 Å². The lowest BCUT2D eigenvalue weighted by Crippen LogP contribution is -2.45. The average molecular weight is 483 g/mol. The highest BCUT2D eigenvalue weighted by atomic mass is 16.2. The zero-order chi connectivity index (χ0) is 25.3. The number of aromatic nitrogens is 1. The van der Waals surface area contributed by atoms with Gasteiger partial charge in [0.2, 0.25) is 5.91 Å². The highest BCUT2D eigenvalue weighted by Gasteiger charge is 2.21. The summed E-state index contributed by atoms with van der Waals surface area (Å²) < 4.78 is 0. The monoisotopic (exact) mass is 482 g/mol. The summed E-state index contributed by atoms with van der Waals surface area (Å²) in [6.45, 7) is 1.58. The van der Waals surface area contributed by atoms with Crippen LogP contribution in [0.4, 0.5) is 16.2 Å². The van der Waals surface area contributed by atoms with Crippen molar-refractivity contribution in [1.82, 2.24) is 10.3 Å². The van der Waals surface area contributed by atoms with E-state index in [9.17, 15) is 14.4 Å². The van der Waals surface area contributed by atoms with Crippen LogP contribution < -0.4 is 16.0 Å². The first kappa shape index (κ1) is 24.9. The fourth-order valence-corrected chi connectivity index (χ4v) is 4.19. The summed E-state index contributed by atoms with van der Waals surface area (Å²) in [6, 6.07) is 21.8. The highest BCUT2D eigenvalue weighted by molar-refractivity contribution is 6.04. The van der Waals surface area contributed by atoms with Crippen molar-refractivity contribution >= 4 is 50.8 Å². The van der Waals surface area contributed by atoms with Crippen molar-refractivity contribution in [2.75, 3.05) is 10.6 Å². The molecule has 0 saturated carbocycles. The van der Waals surface area contributed by atoms with Crippen LogP contribution >= 0.6 is 0 Å². The first-order valence-corrected chi connectivity index (χ1v) is 12.2. The van der Waals surface area contributed by atoms with Crippen LogP contribution in [0.3, 0.4) is 0 Å². The summed E-state index contributed by atoms with van der Waals surface area (Å²) in [5.74, 6) is -0.160. The number of anilines is 2. The Morgan fingerprint density at radius 1 is 0.833 bits per heavy atom. The molecule has 0 bridgehead atoms. The van der Waals surface area contributed by atoms with Crippen LogP contribution in [0.15, 0.2) is 79.0 Å². The SMILES string of the molecule is CC(=O)CCCCC[C@H](NC(=O)Nc1cccc2ccccc12)C(=O)Nc1cnc2ccccc2c1. The maximum absolute atomic E-state index is 13.2. The Morgan fingerprint density at radius 3 is 2.42 bits per heavy atom. The van der Waals surface area contributed by atoms with E-state index in [1.54, 1.807) is 13.1 Å². The molecule has 0 fully saturated rings. The van der Waals surface area contributed by atoms with Crippen LogP contribution in [0, 0.1) is 0 Å². The summed E-state index contributed by atoms with van der Waals surface area (Å²) in [7, 11) is 0. The number of urea groups is 1. The van der Waals surface area contributed by atoms with E-state index >= 15 is 0 Å². The molecule has 7 heteroatoms. The van der Waals surface area contributed by atoms with Crippen LogP contribution in [0.5, 0.6) is 0 Å². The van der Waals surface area contributed by atoms with Crippen molar-refractivity contribution in [2.45, 2.75) is 45.1 Å². The Bertz CT molecular complexity index is 1380. The number of carbonyl (C=O) groups is 3. The van der Waals surface area contributed by atoms with E-state index in [4.69, 9.17) is 0 Å². The molecule has 0 saturated heterocycles. The van der Waals surface area contributed by atoms with Gasteiger partial charge in [0.15, 0.2) is 0 Å². The van der Waals surface area contributed by atoms with Crippen molar-refractivity contribution in [3.63, 3.8) is 0 Å². The predicted molar refractivity (Wildman–Crippen MR) is 144 cm³/mol. The molecule has 0 spiro atoms. The minimum Gasteiger partial charge on any atom is -0.326 e. The molecule has 1 atom stereocenters. The van der Waals surface area contributed by atoms with E-state index in [2.05, 4.69) is 20.9 Å². The molecule has 1 heterocycles. The first-order valence-electron chi connectivity index (χ1n) is 12.2. The van der Waals surface area contributed by atoms with E-state index in [1.165, 1.54) is 0 Å². The molecule has 4 aromatic rings. The molecule has 0 radical (unpaired) electrons. The van der Waals surface area contributed by atoms with E-state index in [1.807, 2.05) is 72.8 Å². The Morgan fingerprint density at radius 2 is 1.58 bits per heavy atom. The van der Waals surface area contributed by atoms with Gasteiger partial charge in [0.05, 0.1) is 23.1 Å². The Balaban J connectivity index is 1.45. The molecule has 3 aromatic carbocycles. The number of para-hydroxylation sites is 1. The number of carbonyl (C=O) groups excluding carboxylic acids is 3. The third-order valence-electron chi connectivity index (χ3n) is 6.04. The number of hydrogen-bond donors (Lipinski definition) is 3. The normalized spacial score (nSPS) is 11.7.